The van der Waals surface area contributed by atoms with Crippen LogP contribution in [0.15, 0.2) is 42.5 Å². The fraction of sp³-hybridized carbons (Fsp3) is 0.188. The molecule has 116 valence electrons. The smallest absolute Gasteiger partial charge is 0.254 e. The summed E-state index contributed by atoms with van der Waals surface area (Å²) in [6, 6.07) is 9.21. The molecule has 0 aromatic heterocycles. The maximum atomic E-state index is 13.5. The zero-order valence-corrected chi connectivity index (χ0v) is 11.5. The van der Waals surface area contributed by atoms with Crippen molar-refractivity contribution in [1.82, 2.24) is 5.32 Å². The number of nitrogens with one attached hydrogen (secondary N) is 1. The van der Waals surface area contributed by atoms with Crippen LogP contribution in [0, 0.1) is 17.5 Å². The molecule has 2 aromatic carbocycles. The molecule has 0 aliphatic carbocycles. The fourth-order valence-electron chi connectivity index (χ4n) is 2.02. The zero-order chi connectivity index (χ0) is 16.1. The number of carbonyl (C=O) groups is 1. The first-order valence-corrected chi connectivity index (χ1v) is 6.61. The Kier molecular flexibility index (Phi) is 5.16. The van der Waals surface area contributed by atoms with E-state index in [0.717, 1.165) is 5.56 Å². The number of benzene rings is 2. The van der Waals surface area contributed by atoms with Crippen molar-refractivity contribution in [3.63, 3.8) is 0 Å². The van der Waals surface area contributed by atoms with Gasteiger partial charge < -0.3 is 10.4 Å². The molecule has 2 aromatic rings. The summed E-state index contributed by atoms with van der Waals surface area (Å²) in [6.07, 6.45) is 0.328. The molecule has 0 aliphatic rings. The first-order chi connectivity index (χ1) is 10.5. The fourth-order valence-corrected chi connectivity index (χ4v) is 2.02. The van der Waals surface area contributed by atoms with Crippen molar-refractivity contribution in [2.45, 2.75) is 12.5 Å². The molecule has 2 rings (SSSR count). The monoisotopic (exact) mass is 309 g/mol. The summed E-state index contributed by atoms with van der Waals surface area (Å²) in [4.78, 5) is 11.9. The molecule has 0 saturated heterocycles. The summed E-state index contributed by atoms with van der Waals surface area (Å²) >= 11 is 0. The Morgan fingerprint density at radius 2 is 1.68 bits per heavy atom. The minimum absolute atomic E-state index is 0.315. The van der Waals surface area contributed by atoms with Gasteiger partial charge in [-0.2, -0.15) is 0 Å². The van der Waals surface area contributed by atoms with Gasteiger partial charge in [0.1, 0.15) is 5.82 Å². The Labute approximate surface area is 125 Å². The van der Waals surface area contributed by atoms with E-state index in [0.29, 0.717) is 18.6 Å². The molecule has 22 heavy (non-hydrogen) atoms. The number of rotatable bonds is 5. The number of halogens is 3. The normalized spacial score (nSPS) is 12.0. The van der Waals surface area contributed by atoms with Crippen LogP contribution in [0.1, 0.15) is 15.9 Å². The molecule has 1 atom stereocenters. The summed E-state index contributed by atoms with van der Waals surface area (Å²) in [5, 5.41) is 11.7. The summed E-state index contributed by atoms with van der Waals surface area (Å²) < 4.78 is 39.5. The Morgan fingerprint density at radius 3 is 2.32 bits per heavy atom. The molecule has 3 nitrogen and oxygen atoms in total. The van der Waals surface area contributed by atoms with Gasteiger partial charge in [-0.1, -0.05) is 30.3 Å². The van der Waals surface area contributed by atoms with Crippen LogP contribution in [0.5, 0.6) is 0 Å². The minimum Gasteiger partial charge on any atom is -0.394 e. The number of hydrogen-bond donors (Lipinski definition) is 2. The van der Waals surface area contributed by atoms with Gasteiger partial charge in [0.15, 0.2) is 11.6 Å². The predicted molar refractivity (Wildman–Crippen MR) is 74.8 cm³/mol. The molecule has 1 amide bonds. The number of aliphatic hydroxyl groups excluding tert-OH is 1. The van der Waals surface area contributed by atoms with E-state index in [-0.39, 0.29) is 6.61 Å². The minimum atomic E-state index is -1.36. The second-order valence-electron chi connectivity index (χ2n) is 4.79. The van der Waals surface area contributed by atoms with Crippen LogP contribution < -0.4 is 5.32 Å². The maximum absolute atomic E-state index is 13.5. The number of carbonyl (C=O) groups excluding carboxylic acids is 1. The van der Waals surface area contributed by atoms with Gasteiger partial charge in [-0.25, -0.2) is 13.2 Å². The van der Waals surface area contributed by atoms with E-state index < -0.39 is 35.0 Å². The highest BCUT2D eigenvalue weighted by Gasteiger charge is 2.19. The van der Waals surface area contributed by atoms with Crippen molar-refractivity contribution >= 4 is 5.91 Å². The van der Waals surface area contributed by atoms with Gasteiger partial charge in [-0.15, -0.1) is 0 Å². The Morgan fingerprint density at radius 1 is 1.05 bits per heavy atom. The molecular weight excluding hydrogens is 295 g/mol. The molecule has 0 bridgehead atoms. The van der Waals surface area contributed by atoms with Crippen LogP contribution in [0.3, 0.4) is 0 Å². The largest absolute Gasteiger partial charge is 0.394 e. The molecule has 0 radical (unpaired) electrons. The van der Waals surface area contributed by atoms with Crippen LogP contribution in [0.4, 0.5) is 13.2 Å². The van der Waals surface area contributed by atoms with Crippen LogP contribution in [0.25, 0.3) is 0 Å². The lowest BCUT2D eigenvalue weighted by molar-refractivity contribution is 0.0911. The lowest BCUT2D eigenvalue weighted by atomic mass is 10.1. The van der Waals surface area contributed by atoms with E-state index in [9.17, 15) is 23.1 Å². The molecule has 0 fully saturated rings. The van der Waals surface area contributed by atoms with E-state index in [1.165, 1.54) is 0 Å². The molecule has 6 heteroatoms. The summed E-state index contributed by atoms with van der Waals surface area (Å²) in [7, 11) is 0. The zero-order valence-electron chi connectivity index (χ0n) is 11.5. The van der Waals surface area contributed by atoms with Crippen molar-refractivity contribution in [1.29, 1.82) is 0 Å². The number of hydrogen-bond acceptors (Lipinski definition) is 2. The third-order valence-corrected chi connectivity index (χ3v) is 3.14. The lowest BCUT2D eigenvalue weighted by Gasteiger charge is -2.16. The molecule has 0 heterocycles. The van der Waals surface area contributed by atoms with Crippen molar-refractivity contribution in [2.24, 2.45) is 0 Å². The van der Waals surface area contributed by atoms with E-state index in [2.05, 4.69) is 5.32 Å². The third-order valence-electron chi connectivity index (χ3n) is 3.14. The number of amides is 1. The van der Waals surface area contributed by atoms with Crippen molar-refractivity contribution in [3.8, 4) is 0 Å². The van der Waals surface area contributed by atoms with Gasteiger partial charge >= 0.3 is 0 Å². The molecular formula is C16H14F3NO2. The van der Waals surface area contributed by atoms with Gasteiger partial charge in [0.2, 0.25) is 0 Å². The predicted octanol–water partition coefficient (Wildman–Crippen LogP) is 2.44. The van der Waals surface area contributed by atoms with Gasteiger partial charge in [0, 0.05) is 6.07 Å². The molecule has 2 N–H and O–H groups in total. The summed E-state index contributed by atoms with van der Waals surface area (Å²) in [5.74, 6) is -4.74. The lowest BCUT2D eigenvalue weighted by Crippen LogP contribution is -2.39. The van der Waals surface area contributed by atoms with Crippen LogP contribution >= 0.6 is 0 Å². The summed E-state index contributed by atoms with van der Waals surface area (Å²) in [6.45, 7) is -0.369. The quantitative estimate of drug-likeness (QED) is 0.834. The van der Waals surface area contributed by atoms with Gasteiger partial charge in [-0.3, -0.25) is 4.79 Å². The topological polar surface area (TPSA) is 49.3 Å². The maximum Gasteiger partial charge on any atom is 0.254 e. The SMILES string of the molecule is O=C(N[C@@H](CO)Cc1ccccc1)c1cc(F)c(F)cc1F. The third kappa shape index (κ3) is 3.85. The highest BCUT2D eigenvalue weighted by molar-refractivity contribution is 5.94. The number of aliphatic hydroxyl groups is 1. The first-order valence-electron chi connectivity index (χ1n) is 6.61. The average Bonchev–Trinajstić information content (AvgIpc) is 2.51. The second kappa shape index (κ2) is 7.09. The first kappa shape index (κ1) is 16.0. The van der Waals surface area contributed by atoms with Gasteiger partial charge in [0.05, 0.1) is 18.2 Å². The van der Waals surface area contributed by atoms with Gasteiger partial charge in [0.25, 0.3) is 5.91 Å². The molecule has 0 aliphatic heterocycles. The highest BCUT2D eigenvalue weighted by Crippen LogP contribution is 2.14. The average molecular weight is 309 g/mol. The molecule has 0 spiro atoms. The second-order valence-corrected chi connectivity index (χ2v) is 4.79. The van der Waals surface area contributed by atoms with Crippen LogP contribution in [-0.2, 0) is 6.42 Å². The highest BCUT2D eigenvalue weighted by atomic mass is 19.2. The van der Waals surface area contributed by atoms with Gasteiger partial charge in [-0.05, 0) is 18.1 Å². The Hall–Kier alpha value is -2.34. The van der Waals surface area contributed by atoms with Crippen LogP contribution in [0.2, 0.25) is 0 Å². The van der Waals surface area contributed by atoms with E-state index in [1.54, 1.807) is 12.1 Å². The Balaban J connectivity index is 2.11. The van der Waals surface area contributed by atoms with E-state index in [4.69, 9.17) is 0 Å². The van der Waals surface area contributed by atoms with Crippen LogP contribution in [-0.4, -0.2) is 23.7 Å². The molecule has 0 unspecified atom stereocenters. The standard InChI is InChI=1S/C16H14F3NO2/c17-13-8-15(19)14(18)7-12(13)16(22)20-11(9-21)6-10-4-2-1-3-5-10/h1-5,7-8,11,21H,6,9H2,(H,20,22)/t11-/m1/s1. The summed E-state index contributed by atoms with van der Waals surface area (Å²) in [5.41, 5.74) is 0.262. The van der Waals surface area contributed by atoms with Crippen molar-refractivity contribution in [3.05, 3.63) is 71.0 Å². The molecule has 0 saturated carbocycles. The van der Waals surface area contributed by atoms with E-state index >= 15 is 0 Å². The Bertz CT molecular complexity index is 662. The van der Waals surface area contributed by atoms with E-state index in [1.807, 2.05) is 18.2 Å². The van der Waals surface area contributed by atoms with Crippen molar-refractivity contribution < 1.29 is 23.1 Å². The van der Waals surface area contributed by atoms with Crippen molar-refractivity contribution in [2.75, 3.05) is 6.61 Å².